The van der Waals surface area contributed by atoms with Gasteiger partial charge in [0.15, 0.2) is 0 Å². The third-order valence-electron chi connectivity index (χ3n) is 3.68. The molecule has 0 atom stereocenters. The number of fused-ring (bicyclic) bond motifs is 1. The van der Waals surface area contributed by atoms with Crippen molar-refractivity contribution in [2.24, 2.45) is 5.10 Å². The minimum atomic E-state index is -0.406. The molecule has 0 saturated heterocycles. The van der Waals surface area contributed by atoms with Crippen LogP contribution in [0.25, 0.3) is 10.9 Å². The van der Waals surface area contributed by atoms with Gasteiger partial charge in [0.1, 0.15) is 5.82 Å². The van der Waals surface area contributed by atoms with Gasteiger partial charge in [-0.15, -0.1) is 0 Å². The van der Waals surface area contributed by atoms with Crippen LogP contribution in [0.2, 0.25) is 0 Å². The summed E-state index contributed by atoms with van der Waals surface area (Å²) in [4.78, 5) is 14.9. The highest BCUT2D eigenvalue weighted by molar-refractivity contribution is 5.86. The van der Waals surface area contributed by atoms with Crippen LogP contribution in [0.5, 0.6) is 0 Å². The zero-order valence-corrected chi connectivity index (χ0v) is 13.4. The molecule has 3 aromatic rings. The lowest BCUT2D eigenvalue weighted by atomic mass is 10.1. The first-order valence-corrected chi connectivity index (χ1v) is 7.44. The van der Waals surface area contributed by atoms with Gasteiger partial charge < -0.3 is 0 Å². The van der Waals surface area contributed by atoms with Crippen molar-refractivity contribution in [3.63, 3.8) is 0 Å². The van der Waals surface area contributed by atoms with E-state index in [1.165, 1.54) is 17.7 Å². The van der Waals surface area contributed by atoms with Crippen molar-refractivity contribution in [2.75, 3.05) is 5.43 Å². The Balaban J connectivity index is 1.84. The molecule has 0 fully saturated rings. The molecule has 0 saturated carbocycles. The van der Waals surface area contributed by atoms with Crippen molar-refractivity contribution in [3.8, 4) is 0 Å². The first-order chi connectivity index (χ1) is 11.5. The van der Waals surface area contributed by atoms with E-state index in [-0.39, 0.29) is 5.69 Å². The second-order valence-corrected chi connectivity index (χ2v) is 5.56. The molecule has 2 aromatic carbocycles. The highest BCUT2D eigenvalue weighted by Gasteiger charge is 2.09. The predicted octanol–water partition coefficient (Wildman–Crippen LogP) is 4.21. The van der Waals surface area contributed by atoms with E-state index in [1.807, 2.05) is 44.2 Å². The number of nitrogens with zero attached hydrogens (tertiary/aromatic N) is 3. The predicted molar refractivity (Wildman–Crippen MR) is 95.5 cm³/mol. The van der Waals surface area contributed by atoms with Gasteiger partial charge in [0.25, 0.3) is 5.69 Å². The summed E-state index contributed by atoms with van der Waals surface area (Å²) in [5.41, 5.74) is 6.73. The van der Waals surface area contributed by atoms with Gasteiger partial charge in [0, 0.05) is 17.5 Å². The Labute approximate surface area is 139 Å². The molecule has 1 aromatic heterocycles. The first kappa shape index (κ1) is 15.6. The third kappa shape index (κ3) is 3.38. The largest absolute Gasteiger partial charge is 0.270 e. The lowest BCUT2D eigenvalue weighted by molar-refractivity contribution is -0.384. The van der Waals surface area contributed by atoms with Crippen LogP contribution >= 0.6 is 0 Å². The van der Waals surface area contributed by atoms with E-state index in [2.05, 4.69) is 15.5 Å². The fraction of sp³-hybridized carbons (Fsp3) is 0.111. The summed E-state index contributed by atoms with van der Waals surface area (Å²) in [6.07, 6.45) is 1.72. The fourth-order valence-electron chi connectivity index (χ4n) is 2.38. The molecule has 6 nitrogen and oxygen atoms in total. The number of hydrogen-bond acceptors (Lipinski definition) is 5. The summed E-state index contributed by atoms with van der Waals surface area (Å²) >= 11 is 0. The maximum absolute atomic E-state index is 10.9. The molecule has 0 radical (unpaired) electrons. The molecule has 24 heavy (non-hydrogen) atoms. The van der Waals surface area contributed by atoms with Crippen LogP contribution in [-0.2, 0) is 0 Å². The minimum absolute atomic E-state index is 0.0606. The van der Waals surface area contributed by atoms with Crippen molar-refractivity contribution in [3.05, 3.63) is 75.3 Å². The Morgan fingerprint density at radius 2 is 1.88 bits per heavy atom. The molecule has 0 aliphatic rings. The van der Waals surface area contributed by atoms with Gasteiger partial charge in [-0.3, -0.25) is 15.5 Å². The van der Waals surface area contributed by atoms with Crippen LogP contribution in [0, 0.1) is 24.0 Å². The Hall–Kier alpha value is -3.28. The number of pyridine rings is 1. The van der Waals surface area contributed by atoms with Crippen LogP contribution in [0.4, 0.5) is 11.5 Å². The first-order valence-electron chi connectivity index (χ1n) is 7.44. The van der Waals surface area contributed by atoms with Crippen molar-refractivity contribution < 1.29 is 4.92 Å². The Morgan fingerprint density at radius 3 is 2.58 bits per heavy atom. The van der Waals surface area contributed by atoms with Gasteiger partial charge in [0.05, 0.1) is 16.7 Å². The normalized spacial score (nSPS) is 11.1. The molecule has 0 unspecified atom stereocenters. The SMILES string of the molecule is Cc1ccc(/C=N/Nc2cc(C)c3cc([N+](=O)[O-])ccc3n2)cc1. The zero-order chi connectivity index (χ0) is 17.1. The minimum Gasteiger partial charge on any atom is -0.261 e. The zero-order valence-electron chi connectivity index (χ0n) is 13.4. The number of anilines is 1. The van der Waals surface area contributed by atoms with Crippen LogP contribution in [0.15, 0.2) is 53.6 Å². The number of hydrazone groups is 1. The quantitative estimate of drug-likeness (QED) is 0.443. The average molecular weight is 320 g/mol. The van der Waals surface area contributed by atoms with E-state index >= 15 is 0 Å². The maximum atomic E-state index is 10.9. The molecule has 0 amide bonds. The molecule has 6 heteroatoms. The van der Waals surface area contributed by atoms with Gasteiger partial charge in [-0.1, -0.05) is 29.8 Å². The summed E-state index contributed by atoms with van der Waals surface area (Å²) in [7, 11) is 0. The number of aryl methyl sites for hydroxylation is 2. The van der Waals surface area contributed by atoms with E-state index in [0.29, 0.717) is 11.3 Å². The summed E-state index contributed by atoms with van der Waals surface area (Å²) in [6.45, 7) is 3.92. The van der Waals surface area contributed by atoms with Gasteiger partial charge >= 0.3 is 0 Å². The summed E-state index contributed by atoms with van der Waals surface area (Å²) < 4.78 is 0. The number of benzene rings is 2. The highest BCUT2D eigenvalue weighted by atomic mass is 16.6. The lowest BCUT2D eigenvalue weighted by Gasteiger charge is -2.06. The van der Waals surface area contributed by atoms with Gasteiger partial charge in [0.2, 0.25) is 0 Å². The number of nitro benzene ring substituents is 1. The van der Waals surface area contributed by atoms with Crippen molar-refractivity contribution >= 4 is 28.6 Å². The Kier molecular flexibility index (Phi) is 4.20. The van der Waals surface area contributed by atoms with Gasteiger partial charge in [-0.25, -0.2) is 4.98 Å². The van der Waals surface area contributed by atoms with Crippen LogP contribution in [0.3, 0.4) is 0 Å². The van der Waals surface area contributed by atoms with E-state index < -0.39 is 4.92 Å². The molecular weight excluding hydrogens is 304 g/mol. The molecule has 0 aliphatic heterocycles. The molecule has 0 bridgehead atoms. The lowest BCUT2D eigenvalue weighted by Crippen LogP contribution is -1.96. The maximum Gasteiger partial charge on any atom is 0.270 e. The average Bonchev–Trinajstić information content (AvgIpc) is 2.56. The van der Waals surface area contributed by atoms with Crippen molar-refractivity contribution in [1.82, 2.24) is 4.98 Å². The van der Waals surface area contributed by atoms with Gasteiger partial charge in [-0.2, -0.15) is 5.10 Å². The molecule has 1 N–H and O–H groups in total. The van der Waals surface area contributed by atoms with E-state index in [0.717, 1.165) is 16.5 Å². The smallest absolute Gasteiger partial charge is 0.261 e. The number of nitro groups is 1. The molecule has 1 heterocycles. The Morgan fingerprint density at radius 1 is 1.12 bits per heavy atom. The Bertz CT molecular complexity index is 934. The molecular formula is C18H16N4O2. The number of rotatable bonds is 4. The molecule has 120 valence electrons. The van der Waals surface area contributed by atoms with Crippen LogP contribution in [0.1, 0.15) is 16.7 Å². The second kappa shape index (κ2) is 6.45. The topological polar surface area (TPSA) is 80.4 Å². The van der Waals surface area contributed by atoms with E-state index in [4.69, 9.17) is 0 Å². The van der Waals surface area contributed by atoms with Crippen LogP contribution in [-0.4, -0.2) is 16.1 Å². The molecule has 0 spiro atoms. The van der Waals surface area contributed by atoms with Crippen molar-refractivity contribution in [1.29, 1.82) is 0 Å². The fourth-order valence-corrected chi connectivity index (χ4v) is 2.38. The summed E-state index contributed by atoms with van der Waals surface area (Å²) in [6, 6.07) is 14.5. The number of hydrogen-bond donors (Lipinski definition) is 1. The van der Waals surface area contributed by atoms with Gasteiger partial charge in [-0.05, 0) is 37.1 Å². The summed E-state index contributed by atoms with van der Waals surface area (Å²) in [5.74, 6) is 0.595. The molecule has 0 aliphatic carbocycles. The third-order valence-corrected chi connectivity index (χ3v) is 3.68. The molecule has 3 rings (SSSR count). The van der Waals surface area contributed by atoms with Crippen LogP contribution < -0.4 is 5.43 Å². The summed E-state index contributed by atoms with van der Waals surface area (Å²) in [5, 5.41) is 15.8. The standard InChI is InChI=1S/C18H16N4O2/c1-12-3-5-14(6-4-12)11-19-21-18-9-13(2)16-10-15(22(23)24)7-8-17(16)20-18/h3-11H,1-2H3,(H,20,21)/b19-11+. The van der Waals surface area contributed by atoms with E-state index in [9.17, 15) is 10.1 Å². The highest BCUT2D eigenvalue weighted by Crippen LogP contribution is 2.24. The number of nitrogens with one attached hydrogen (secondary N) is 1. The second-order valence-electron chi connectivity index (χ2n) is 5.56. The number of non-ortho nitro benzene ring substituents is 1. The monoisotopic (exact) mass is 320 g/mol. The number of aromatic nitrogens is 1. The van der Waals surface area contributed by atoms with E-state index in [1.54, 1.807) is 12.3 Å². The van der Waals surface area contributed by atoms with Crippen molar-refractivity contribution in [2.45, 2.75) is 13.8 Å².